The van der Waals surface area contributed by atoms with Crippen LogP contribution in [0.4, 0.5) is 5.95 Å². The van der Waals surface area contributed by atoms with Crippen molar-refractivity contribution in [3.63, 3.8) is 0 Å². The number of hydrogen-bond acceptors (Lipinski definition) is 13. The molecule has 4 N–H and O–H groups in total. The number of aliphatic hydroxyl groups is 1. The lowest BCUT2D eigenvalue weighted by molar-refractivity contribution is -0.150. The van der Waals surface area contributed by atoms with E-state index < -0.39 is 50.2 Å². The first-order valence-corrected chi connectivity index (χ1v) is 15.4. The van der Waals surface area contributed by atoms with Gasteiger partial charge in [0.1, 0.15) is 35.5 Å². The number of nitrogens with two attached hydrogens (primary N) is 1. The molecule has 1 saturated heterocycles. The van der Waals surface area contributed by atoms with Crippen molar-refractivity contribution in [2.24, 2.45) is 5.41 Å². The predicted octanol–water partition coefficient (Wildman–Crippen LogP) is 2.87. The van der Waals surface area contributed by atoms with Crippen molar-refractivity contribution < 1.29 is 37.7 Å². The number of fused-ring (bicyclic) bond motifs is 1. The minimum Gasteiger partial charge on any atom is -0.479 e. The number of nitrogens with zero attached hydrogens (tertiary/aromatic N) is 5. The average molecular weight is 616 g/mol. The lowest BCUT2D eigenvalue weighted by Gasteiger charge is -2.26. The van der Waals surface area contributed by atoms with Gasteiger partial charge in [-0.25, -0.2) is 9.55 Å². The van der Waals surface area contributed by atoms with Crippen LogP contribution in [0.5, 0.6) is 11.6 Å². The van der Waals surface area contributed by atoms with Crippen LogP contribution in [0.3, 0.4) is 0 Å². The number of anilines is 1. The first-order valence-electron chi connectivity index (χ1n) is 13.8. The molecule has 3 aromatic rings. The normalized spacial score (nSPS) is 26.1. The summed E-state index contributed by atoms with van der Waals surface area (Å²) in [6.45, 7) is 2.54. The van der Waals surface area contributed by atoms with E-state index in [2.05, 4.69) is 26.1 Å². The second-order valence-corrected chi connectivity index (χ2v) is 12.4. The number of esters is 1. The molecule has 3 heterocycles. The van der Waals surface area contributed by atoms with Gasteiger partial charge in [0.15, 0.2) is 17.4 Å². The monoisotopic (exact) mass is 615 g/mol. The van der Waals surface area contributed by atoms with Crippen molar-refractivity contribution in [1.29, 1.82) is 5.26 Å². The molecule has 0 radical (unpaired) electrons. The summed E-state index contributed by atoms with van der Waals surface area (Å²) >= 11 is 0. The molecule has 1 aliphatic heterocycles. The van der Waals surface area contributed by atoms with Gasteiger partial charge in [-0.2, -0.15) is 20.3 Å². The highest BCUT2D eigenvalue weighted by atomic mass is 31.2. The van der Waals surface area contributed by atoms with E-state index in [1.54, 1.807) is 30.3 Å². The number of rotatable bonds is 11. The van der Waals surface area contributed by atoms with E-state index >= 15 is 0 Å². The number of carbonyl (C=O) groups excluding carboxylic acids is 1. The highest BCUT2D eigenvalue weighted by Crippen LogP contribution is 2.49. The summed E-state index contributed by atoms with van der Waals surface area (Å²) in [6, 6.07) is 9.36. The van der Waals surface area contributed by atoms with Gasteiger partial charge < -0.3 is 29.6 Å². The summed E-state index contributed by atoms with van der Waals surface area (Å²) < 4.78 is 43.8. The van der Waals surface area contributed by atoms with Crippen LogP contribution < -0.4 is 20.1 Å². The second kappa shape index (κ2) is 12.4. The van der Waals surface area contributed by atoms with Gasteiger partial charge in [0, 0.05) is 0 Å². The molecular weight excluding hydrogens is 581 g/mol. The van der Waals surface area contributed by atoms with Crippen LogP contribution in [0.25, 0.3) is 11.2 Å². The number of nitrogens with one attached hydrogen (secondary N) is 1. The number of benzene rings is 1. The molecule has 1 aromatic carbocycles. The number of imidazole rings is 1. The van der Waals surface area contributed by atoms with Crippen LogP contribution in [0.15, 0.2) is 36.7 Å². The molecule has 2 fully saturated rings. The second-order valence-electron chi connectivity index (χ2n) is 10.7. The lowest BCUT2D eigenvalue weighted by Crippen LogP contribution is -2.39. The molecule has 6 atom stereocenters. The molecule has 2 aromatic heterocycles. The topological polar surface area (TPSA) is 206 Å². The molecule has 1 unspecified atom stereocenters. The summed E-state index contributed by atoms with van der Waals surface area (Å²) in [7, 11) is -2.85. The third kappa shape index (κ3) is 6.29. The third-order valence-corrected chi connectivity index (χ3v) is 9.19. The van der Waals surface area contributed by atoms with E-state index in [0.717, 1.165) is 25.7 Å². The molecule has 0 spiro atoms. The maximum atomic E-state index is 14.0. The first kappa shape index (κ1) is 30.7. The fraction of sp³-hybridized carbons (Fsp3) is 0.519. The van der Waals surface area contributed by atoms with Crippen LogP contribution in [0, 0.1) is 16.7 Å². The number of nitrogen functional groups attached to an aromatic ring is 1. The van der Waals surface area contributed by atoms with Gasteiger partial charge in [0.05, 0.1) is 26.1 Å². The smallest absolute Gasteiger partial charge is 0.459 e. The highest BCUT2D eigenvalue weighted by molar-refractivity contribution is 7.52. The largest absolute Gasteiger partial charge is 0.479 e. The maximum Gasteiger partial charge on any atom is 0.459 e. The Morgan fingerprint density at radius 1 is 1.33 bits per heavy atom. The Morgan fingerprint density at radius 2 is 2.05 bits per heavy atom. The van der Waals surface area contributed by atoms with Gasteiger partial charge in [-0.05, 0) is 51.7 Å². The van der Waals surface area contributed by atoms with Crippen molar-refractivity contribution in [3.8, 4) is 17.7 Å². The Balaban J connectivity index is 1.36. The number of aromatic nitrogens is 4. The minimum absolute atomic E-state index is 0.0890. The molecule has 1 saturated carbocycles. The molecular formula is C27H34N7O8P. The van der Waals surface area contributed by atoms with Crippen molar-refractivity contribution in [3.05, 3.63) is 36.7 Å². The molecule has 16 heteroatoms. The average Bonchev–Trinajstić information content (AvgIpc) is 3.71. The van der Waals surface area contributed by atoms with Crippen LogP contribution >= 0.6 is 7.75 Å². The molecule has 230 valence electrons. The van der Waals surface area contributed by atoms with Crippen molar-refractivity contribution in [2.75, 3.05) is 19.5 Å². The number of methoxy groups -OCH3 is 1. The number of hydrogen-bond donors (Lipinski definition) is 3. The predicted molar refractivity (Wildman–Crippen MR) is 151 cm³/mol. The molecule has 0 amide bonds. The summed E-state index contributed by atoms with van der Waals surface area (Å²) in [4.78, 5) is 25.3. The Labute approximate surface area is 247 Å². The summed E-state index contributed by atoms with van der Waals surface area (Å²) in [5.41, 5.74) is 4.82. The zero-order valence-electron chi connectivity index (χ0n) is 24.0. The van der Waals surface area contributed by atoms with E-state index in [9.17, 15) is 19.7 Å². The van der Waals surface area contributed by atoms with Gasteiger partial charge in [-0.1, -0.05) is 18.2 Å². The van der Waals surface area contributed by atoms with Crippen LogP contribution in [-0.2, 0) is 23.4 Å². The minimum atomic E-state index is -4.26. The van der Waals surface area contributed by atoms with E-state index in [-0.39, 0.29) is 34.8 Å². The number of carbonyl (C=O) groups is 1. The molecule has 1 aliphatic carbocycles. The molecule has 43 heavy (non-hydrogen) atoms. The Morgan fingerprint density at radius 3 is 2.72 bits per heavy atom. The maximum absolute atomic E-state index is 14.0. The highest BCUT2D eigenvalue weighted by Gasteiger charge is 2.56. The summed E-state index contributed by atoms with van der Waals surface area (Å²) in [5, 5.41) is 24.0. The molecule has 15 nitrogen and oxygen atoms in total. The van der Waals surface area contributed by atoms with Crippen molar-refractivity contribution in [1.82, 2.24) is 24.6 Å². The van der Waals surface area contributed by atoms with Gasteiger partial charge in [0.25, 0.3) is 0 Å². The van der Waals surface area contributed by atoms with Gasteiger partial charge in [0.2, 0.25) is 11.8 Å². The van der Waals surface area contributed by atoms with Crippen LogP contribution in [0.1, 0.15) is 45.8 Å². The SMILES string of the molecule is COc1nc(N)nc2c1ncn2[C@@H]1O[C@H](COP(=O)(N[C@@H](C)C(=O)OC2CCCC2)Oc2ccccc2)[C@@H](O)[C@@]1(C)C#N. The number of ether oxygens (including phenoxy) is 3. The number of para-hydroxylation sites is 1. The first-order chi connectivity index (χ1) is 20.6. The van der Waals surface area contributed by atoms with Crippen LogP contribution in [0.2, 0.25) is 0 Å². The molecule has 5 rings (SSSR count). The zero-order valence-corrected chi connectivity index (χ0v) is 24.8. The van der Waals surface area contributed by atoms with E-state index in [1.165, 1.54) is 31.9 Å². The Bertz CT molecular complexity index is 1540. The van der Waals surface area contributed by atoms with Gasteiger partial charge in [-0.3, -0.25) is 13.9 Å². The lowest BCUT2D eigenvalue weighted by atomic mass is 9.84. The standard InChI is InChI=1S/C27H34N7O8P/c1-16(24(36)40-17-9-7-8-10-17)33-43(37,42-18-11-5-4-6-12-18)39-13-19-21(35)27(2,14-28)25(41-19)34-15-30-20-22(34)31-26(29)32-23(20)38-3/h4-6,11-12,15-17,19,21,25,35H,7-10,13H2,1-3H3,(H,33,37)(H2,29,31,32)/t16-,19+,21+,25+,27+,43?/m0/s1. The third-order valence-electron chi connectivity index (χ3n) is 7.54. The fourth-order valence-electron chi connectivity index (χ4n) is 5.18. The van der Waals surface area contributed by atoms with Gasteiger partial charge >= 0.3 is 13.7 Å². The Kier molecular flexibility index (Phi) is 8.86. The van der Waals surface area contributed by atoms with Crippen LogP contribution in [-0.4, -0.2) is 68.7 Å². The van der Waals surface area contributed by atoms with Crippen molar-refractivity contribution >= 4 is 30.8 Å². The Hall–Kier alpha value is -3.80. The molecule has 2 aliphatic rings. The number of aliphatic hydroxyl groups excluding tert-OH is 1. The van der Waals surface area contributed by atoms with Crippen molar-refractivity contribution in [2.45, 2.75) is 70.1 Å². The molecule has 0 bridgehead atoms. The van der Waals surface area contributed by atoms with E-state index in [4.69, 9.17) is 29.0 Å². The van der Waals surface area contributed by atoms with E-state index in [0.29, 0.717) is 0 Å². The van der Waals surface area contributed by atoms with Gasteiger partial charge in [-0.15, -0.1) is 0 Å². The number of nitriles is 1. The summed E-state index contributed by atoms with van der Waals surface area (Å²) in [6.07, 6.45) is 1.05. The summed E-state index contributed by atoms with van der Waals surface area (Å²) in [5.74, 6) is -0.332. The fourth-order valence-corrected chi connectivity index (χ4v) is 6.69. The zero-order chi connectivity index (χ0) is 30.8. The van der Waals surface area contributed by atoms with E-state index in [1.807, 2.05) is 0 Å². The quantitative estimate of drug-likeness (QED) is 0.210.